The first kappa shape index (κ1) is 22.1. The maximum absolute atomic E-state index is 11.7. The highest BCUT2D eigenvalue weighted by molar-refractivity contribution is 5.87. The molecule has 4 rings (SSSR count). The van der Waals surface area contributed by atoms with Crippen LogP contribution in [0.15, 0.2) is 0 Å². The van der Waals surface area contributed by atoms with Gasteiger partial charge in [0.15, 0.2) is 24.1 Å². The molecule has 3 N–H and O–H groups in total. The number of anilines is 3. The number of nitrogens with zero attached hydrogens (tertiary/aromatic N) is 5. The van der Waals surface area contributed by atoms with E-state index in [0.717, 1.165) is 71.2 Å². The zero-order valence-electron chi connectivity index (χ0n) is 18.9. The number of carbonyl (C=O) groups is 1. The van der Waals surface area contributed by atoms with Crippen molar-refractivity contribution in [2.75, 3.05) is 55.2 Å². The van der Waals surface area contributed by atoms with Crippen LogP contribution in [0.25, 0.3) is 0 Å². The summed E-state index contributed by atoms with van der Waals surface area (Å²) < 4.78 is 5.97. The molecule has 0 radical (unpaired) electrons. The van der Waals surface area contributed by atoms with E-state index in [1.54, 1.807) is 0 Å². The van der Waals surface area contributed by atoms with Gasteiger partial charge in [-0.1, -0.05) is 0 Å². The topological polar surface area (TPSA) is 99.8 Å². The molecule has 1 aromatic heterocycles. The average Bonchev–Trinajstić information content (AvgIpc) is 3.39. The summed E-state index contributed by atoms with van der Waals surface area (Å²) in [6.45, 7) is 10.9. The SMILES string of the molecule is CC(C)N1CCN(CCCCN2c3nc(OC4CCCC4)nc(N)c3NC2C=O)CC1. The van der Waals surface area contributed by atoms with E-state index >= 15 is 0 Å². The van der Waals surface area contributed by atoms with E-state index in [1.807, 2.05) is 4.90 Å². The van der Waals surface area contributed by atoms with E-state index in [4.69, 9.17) is 10.5 Å². The first-order chi connectivity index (χ1) is 15.0. The first-order valence-corrected chi connectivity index (χ1v) is 11.8. The number of ether oxygens (including phenoxy) is 1. The Morgan fingerprint density at radius 1 is 1.13 bits per heavy atom. The lowest BCUT2D eigenvalue weighted by atomic mass is 10.2. The molecule has 1 saturated carbocycles. The minimum Gasteiger partial charge on any atom is -0.460 e. The Hall–Kier alpha value is -2.13. The van der Waals surface area contributed by atoms with E-state index in [2.05, 4.69) is 38.9 Å². The van der Waals surface area contributed by atoms with Gasteiger partial charge in [-0.3, -0.25) is 9.69 Å². The minimum atomic E-state index is -0.456. The third kappa shape index (κ3) is 5.20. The van der Waals surface area contributed by atoms with Crippen LogP contribution in [0.4, 0.5) is 17.3 Å². The summed E-state index contributed by atoms with van der Waals surface area (Å²) >= 11 is 0. The molecule has 3 aliphatic rings. The number of fused-ring (bicyclic) bond motifs is 1. The second-order valence-corrected chi connectivity index (χ2v) is 9.21. The molecule has 0 bridgehead atoms. The third-order valence-corrected chi connectivity index (χ3v) is 6.76. The van der Waals surface area contributed by atoms with Crippen LogP contribution in [-0.4, -0.2) is 83.6 Å². The van der Waals surface area contributed by atoms with Crippen molar-refractivity contribution in [3.63, 3.8) is 0 Å². The van der Waals surface area contributed by atoms with Gasteiger partial charge in [0.05, 0.1) is 0 Å². The van der Waals surface area contributed by atoms with Crippen molar-refractivity contribution < 1.29 is 9.53 Å². The Bertz CT molecular complexity index is 746. The van der Waals surface area contributed by atoms with Crippen molar-refractivity contribution in [1.29, 1.82) is 0 Å². The maximum Gasteiger partial charge on any atom is 0.320 e. The molecule has 1 aliphatic carbocycles. The van der Waals surface area contributed by atoms with Gasteiger partial charge in [-0.15, -0.1) is 0 Å². The lowest BCUT2D eigenvalue weighted by Crippen LogP contribution is -2.49. The fourth-order valence-electron chi connectivity index (χ4n) is 4.83. The van der Waals surface area contributed by atoms with Crippen molar-refractivity contribution in [1.82, 2.24) is 19.8 Å². The number of piperazine rings is 1. The maximum atomic E-state index is 11.7. The number of unbranched alkanes of at least 4 members (excludes halogenated alkanes) is 1. The van der Waals surface area contributed by atoms with Crippen LogP contribution < -0.4 is 20.7 Å². The molecule has 3 heterocycles. The third-order valence-electron chi connectivity index (χ3n) is 6.76. The monoisotopic (exact) mass is 431 g/mol. The smallest absolute Gasteiger partial charge is 0.320 e. The molecule has 31 heavy (non-hydrogen) atoms. The second-order valence-electron chi connectivity index (χ2n) is 9.21. The van der Waals surface area contributed by atoms with Crippen molar-refractivity contribution in [2.24, 2.45) is 0 Å². The van der Waals surface area contributed by atoms with Gasteiger partial charge in [0.1, 0.15) is 11.8 Å². The van der Waals surface area contributed by atoms with Gasteiger partial charge in [-0.25, -0.2) is 0 Å². The minimum absolute atomic E-state index is 0.165. The van der Waals surface area contributed by atoms with Crippen molar-refractivity contribution in [3.8, 4) is 6.01 Å². The molecule has 0 amide bonds. The van der Waals surface area contributed by atoms with Crippen molar-refractivity contribution in [3.05, 3.63) is 0 Å². The number of hydrogen-bond acceptors (Lipinski definition) is 9. The normalized spacial score (nSPS) is 22.7. The molecular weight excluding hydrogens is 394 g/mol. The lowest BCUT2D eigenvalue weighted by molar-refractivity contribution is -0.108. The molecule has 0 spiro atoms. The molecule has 1 aromatic rings. The summed E-state index contributed by atoms with van der Waals surface area (Å²) in [5.41, 5.74) is 6.80. The van der Waals surface area contributed by atoms with Crippen LogP contribution in [0.5, 0.6) is 6.01 Å². The summed E-state index contributed by atoms with van der Waals surface area (Å²) in [7, 11) is 0. The van der Waals surface area contributed by atoms with Gasteiger partial charge in [0.25, 0.3) is 0 Å². The molecule has 2 aliphatic heterocycles. The van der Waals surface area contributed by atoms with Crippen molar-refractivity contribution in [2.45, 2.75) is 70.7 Å². The highest BCUT2D eigenvalue weighted by Crippen LogP contribution is 2.38. The zero-order chi connectivity index (χ0) is 21.8. The largest absolute Gasteiger partial charge is 0.460 e. The number of carbonyl (C=O) groups excluding carboxylic acids is 1. The van der Waals surface area contributed by atoms with Crippen LogP contribution in [0.3, 0.4) is 0 Å². The standard InChI is InChI=1S/C22H37N7O2/c1-16(2)28-13-11-27(12-14-28)9-5-6-10-29-18(15-30)24-19-20(23)25-22(26-21(19)29)31-17-7-3-4-8-17/h15-18,24H,3-14H2,1-2H3,(H2,23,25,26). The predicted molar refractivity (Wildman–Crippen MR) is 123 cm³/mol. The van der Waals surface area contributed by atoms with Crippen molar-refractivity contribution >= 4 is 23.6 Å². The average molecular weight is 432 g/mol. The van der Waals surface area contributed by atoms with Crippen LogP contribution in [-0.2, 0) is 4.79 Å². The number of aromatic nitrogens is 2. The van der Waals surface area contributed by atoms with Crippen LogP contribution >= 0.6 is 0 Å². The van der Waals surface area contributed by atoms with E-state index in [0.29, 0.717) is 29.4 Å². The molecular formula is C22H37N7O2. The lowest BCUT2D eigenvalue weighted by Gasteiger charge is -2.37. The summed E-state index contributed by atoms with van der Waals surface area (Å²) in [5, 5.41) is 3.17. The number of hydrogen-bond donors (Lipinski definition) is 2. The molecule has 1 atom stereocenters. The highest BCUT2D eigenvalue weighted by atomic mass is 16.5. The van der Waals surface area contributed by atoms with Gasteiger partial charge in [0.2, 0.25) is 0 Å². The fourth-order valence-corrected chi connectivity index (χ4v) is 4.83. The molecule has 172 valence electrons. The molecule has 9 heteroatoms. The molecule has 1 unspecified atom stereocenters. The Morgan fingerprint density at radius 2 is 1.84 bits per heavy atom. The summed E-state index contributed by atoms with van der Waals surface area (Å²) in [6, 6.07) is 0.951. The van der Waals surface area contributed by atoms with E-state index in [9.17, 15) is 4.79 Å². The molecule has 1 saturated heterocycles. The van der Waals surface area contributed by atoms with Crippen LogP contribution in [0, 0.1) is 0 Å². The fraction of sp³-hybridized carbons (Fsp3) is 0.773. The summed E-state index contributed by atoms with van der Waals surface area (Å²) in [6.07, 6.45) is 7.11. The summed E-state index contributed by atoms with van der Waals surface area (Å²) in [5.74, 6) is 1.03. The highest BCUT2D eigenvalue weighted by Gasteiger charge is 2.33. The summed E-state index contributed by atoms with van der Waals surface area (Å²) in [4.78, 5) is 27.7. The number of nitrogens with one attached hydrogen (secondary N) is 1. The molecule has 0 aromatic carbocycles. The van der Waals surface area contributed by atoms with Crippen LogP contribution in [0.2, 0.25) is 0 Å². The van der Waals surface area contributed by atoms with Gasteiger partial charge >= 0.3 is 6.01 Å². The quantitative estimate of drug-likeness (QED) is 0.449. The number of aldehydes is 1. The van der Waals surface area contributed by atoms with E-state index < -0.39 is 6.17 Å². The number of rotatable bonds is 9. The molecule has 2 fully saturated rings. The number of nitrogens with two attached hydrogens (primary N) is 1. The number of nitrogen functional groups attached to an aromatic ring is 1. The molecule has 9 nitrogen and oxygen atoms in total. The first-order valence-electron chi connectivity index (χ1n) is 11.8. The van der Waals surface area contributed by atoms with Gasteiger partial charge in [-0.2, -0.15) is 9.97 Å². The second kappa shape index (κ2) is 9.99. The van der Waals surface area contributed by atoms with Gasteiger partial charge in [0, 0.05) is 38.8 Å². The van der Waals surface area contributed by atoms with E-state index in [-0.39, 0.29) is 6.10 Å². The predicted octanol–water partition coefficient (Wildman–Crippen LogP) is 1.94. The van der Waals surface area contributed by atoms with Crippen LogP contribution in [0.1, 0.15) is 52.4 Å². The Labute approximate surface area is 185 Å². The Balaban J connectivity index is 1.32. The van der Waals surface area contributed by atoms with Gasteiger partial charge in [-0.05, 0) is 58.9 Å². The Morgan fingerprint density at radius 3 is 2.52 bits per heavy atom. The Kier molecular flexibility index (Phi) is 7.12. The zero-order valence-corrected chi connectivity index (χ0v) is 18.9. The van der Waals surface area contributed by atoms with Gasteiger partial charge < -0.3 is 25.6 Å². The van der Waals surface area contributed by atoms with E-state index in [1.165, 1.54) is 12.8 Å².